The molecule has 0 atom stereocenters. The molecule has 0 unspecified atom stereocenters. The van der Waals surface area contributed by atoms with E-state index in [1.165, 1.54) is 4.68 Å². The quantitative estimate of drug-likeness (QED) is 0.428. The largest absolute Gasteiger partial charge is 0.493 e. The molecule has 0 saturated carbocycles. The van der Waals surface area contributed by atoms with E-state index >= 15 is 0 Å². The molecule has 0 radical (unpaired) electrons. The zero-order valence-corrected chi connectivity index (χ0v) is 18.3. The van der Waals surface area contributed by atoms with Crippen molar-refractivity contribution in [2.45, 2.75) is 6.92 Å². The van der Waals surface area contributed by atoms with Crippen molar-refractivity contribution in [1.82, 2.24) is 9.66 Å². The number of para-hydroxylation sites is 1. The molecule has 4 rings (SSSR count). The Morgan fingerprint density at radius 3 is 2.19 bits per heavy atom. The minimum atomic E-state index is -0.255. The van der Waals surface area contributed by atoms with Crippen molar-refractivity contribution in [3.8, 4) is 28.6 Å². The highest BCUT2D eigenvalue weighted by Crippen LogP contribution is 2.37. The Hall–Kier alpha value is -4.13. The van der Waals surface area contributed by atoms with Crippen LogP contribution in [-0.4, -0.2) is 37.2 Å². The highest BCUT2D eigenvalue weighted by Gasteiger charge is 2.14. The van der Waals surface area contributed by atoms with Crippen LogP contribution in [0.4, 0.5) is 0 Å². The molecular formula is C25H23N3O4. The fourth-order valence-electron chi connectivity index (χ4n) is 3.42. The minimum Gasteiger partial charge on any atom is -0.493 e. The summed E-state index contributed by atoms with van der Waals surface area (Å²) < 4.78 is 17.5. The molecule has 7 heteroatoms. The Bertz CT molecular complexity index is 1330. The van der Waals surface area contributed by atoms with Crippen molar-refractivity contribution in [2.24, 2.45) is 5.10 Å². The summed E-state index contributed by atoms with van der Waals surface area (Å²) >= 11 is 0. The van der Waals surface area contributed by atoms with Crippen LogP contribution in [0.5, 0.6) is 17.2 Å². The highest BCUT2D eigenvalue weighted by molar-refractivity contribution is 5.83. The Kier molecular flexibility index (Phi) is 5.89. The van der Waals surface area contributed by atoms with Crippen molar-refractivity contribution in [2.75, 3.05) is 21.3 Å². The van der Waals surface area contributed by atoms with Gasteiger partial charge in [-0.1, -0.05) is 42.0 Å². The molecule has 0 saturated heterocycles. The molecule has 7 nitrogen and oxygen atoms in total. The highest BCUT2D eigenvalue weighted by atomic mass is 16.5. The number of aryl methyl sites for hydroxylation is 1. The minimum absolute atomic E-state index is 0.255. The molecule has 0 aliphatic carbocycles. The van der Waals surface area contributed by atoms with Gasteiger partial charge in [-0.2, -0.15) is 9.78 Å². The van der Waals surface area contributed by atoms with Gasteiger partial charge in [-0.15, -0.1) is 0 Å². The Morgan fingerprint density at radius 1 is 0.906 bits per heavy atom. The van der Waals surface area contributed by atoms with E-state index in [2.05, 4.69) is 5.10 Å². The van der Waals surface area contributed by atoms with E-state index in [0.29, 0.717) is 39.5 Å². The molecule has 1 aromatic heterocycles. The van der Waals surface area contributed by atoms with Crippen LogP contribution in [-0.2, 0) is 0 Å². The van der Waals surface area contributed by atoms with Gasteiger partial charge in [0.2, 0.25) is 5.75 Å². The van der Waals surface area contributed by atoms with Gasteiger partial charge in [-0.25, -0.2) is 4.98 Å². The van der Waals surface area contributed by atoms with Crippen LogP contribution in [0.3, 0.4) is 0 Å². The molecule has 0 aliphatic rings. The smallest absolute Gasteiger partial charge is 0.282 e. The first-order valence-corrected chi connectivity index (χ1v) is 9.99. The first kappa shape index (κ1) is 21.1. The van der Waals surface area contributed by atoms with Gasteiger partial charge in [-0.05, 0) is 31.2 Å². The van der Waals surface area contributed by atoms with Gasteiger partial charge in [-0.3, -0.25) is 4.79 Å². The first-order chi connectivity index (χ1) is 15.5. The van der Waals surface area contributed by atoms with Gasteiger partial charge in [0.1, 0.15) is 0 Å². The average molecular weight is 429 g/mol. The van der Waals surface area contributed by atoms with Gasteiger partial charge in [0.15, 0.2) is 17.3 Å². The summed E-state index contributed by atoms with van der Waals surface area (Å²) in [6, 6.07) is 18.6. The van der Waals surface area contributed by atoms with Crippen LogP contribution in [0.25, 0.3) is 22.3 Å². The van der Waals surface area contributed by atoms with Crippen LogP contribution >= 0.6 is 0 Å². The Balaban J connectivity index is 1.90. The van der Waals surface area contributed by atoms with Crippen molar-refractivity contribution >= 4 is 17.1 Å². The van der Waals surface area contributed by atoms with Crippen LogP contribution in [0.1, 0.15) is 11.1 Å². The fraction of sp³-hybridized carbons (Fsp3) is 0.160. The lowest BCUT2D eigenvalue weighted by Crippen LogP contribution is -2.20. The lowest BCUT2D eigenvalue weighted by Gasteiger charge is -2.13. The maximum Gasteiger partial charge on any atom is 0.282 e. The van der Waals surface area contributed by atoms with Crippen LogP contribution in [0.15, 0.2) is 70.6 Å². The molecule has 0 spiro atoms. The third-order valence-corrected chi connectivity index (χ3v) is 5.07. The Morgan fingerprint density at radius 2 is 1.56 bits per heavy atom. The third kappa shape index (κ3) is 3.92. The summed E-state index contributed by atoms with van der Waals surface area (Å²) in [6.07, 6.45) is 1.57. The maximum atomic E-state index is 13.3. The third-order valence-electron chi connectivity index (χ3n) is 5.07. The van der Waals surface area contributed by atoms with Gasteiger partial charge in [0, 0.05) is 11.1 Å². The van der Waals surface area contributed by atoms with Gasteiger partial charge >= 0.3 is 0 Å². The standard InChI is InChI=1S/C25H23N3O4/c1-16-9-11-18(12-10-16)24-27-20-8-6-5-7-19(20)25(29)28(24)26-15-17-13-21(30-2)23(32-4)22(14-17)31-3/h5-15H,1-4H3/b26-15+. The van der Waals surface area contributed by atoms with E-state index in [0.717, 1.165) is 11.1 Å². The lowest BCUT2D eigenvalue weighted by atomic mass is 10.1. The summed E-state index contributed by atoms with van der Waals surface area (Å²) in [6.45, 7) is 2.01. The number of aromatic nitrogens is 2. The van der Waals surface area contributed by atoms with E-state index in [-0.39, 0.29) is 5.56 Å². The first-order valence-electron chi connectivity index (χ1n) is 9.99. The van der Waals surface area contributed by atoms with E-state index in [1.807, 2.05) is 49.4 Å². The fourth-order valence-corrected chi connectivity index (χ4v) is 3.42. The summed E-state index contributed by atoms with van der Waals surface area (Å²) in [4.78, 5) is 18.0. The van der Waals surface area contributed by atoms with Crippen molar-refractivity contribution < 1.29 is 14.2 Å². The maximum absolute atomic E-state index is 13.3. The monoisotopic (exact) mass is 429 g/mol. The second kappa shape index (κ2) is 8.93. The summed E-state index contributed by atoms with van der Waals surface area (Å²) in [5.74, 6) is 1.93. The number of nitrogens with zero attached hydrogens (tertiary/aromatic N) is 3. The van der Waals surface area contributed by atoms with Crippen molar-refractivity contribution in [1.29, 1.82) is 0 Å². The molecule has 0 aliphatic heterocycles. The zero-order valence-electron chi connectivity index (χ0n) is 18.3. The van der Waals surface area contributed by atoms with E-state index in [9.17, 15) is 4.79 Å². The zero-order chi connectivity index (χ0) is 22.7. The predicted molar refractivity (Wildman–Crippen MR) is 125 cm³/mol. The number of rotatable bonds is 6. The average Bonchev–Trinajstić information content (AvgIpc) is 2.83. The molecule has 0 N–H and O–H groups in total. The summed E-state index contributed by atoms with van der Waals surface area (Å²) in [5.41, 5.74) is 2.95. The molecule has 4 aromatic rings. The molecule has 162 valence electrons. The van der Waals surface area contributed by atoms with Gasteiger partial charge in [0.25, 0.3) is 5.56 Å². The van der Waals surface area contributed by atoms with E-state index < -0.39 is 0 Å². The number of hydrogen-bond donors (Lipinski definition) is 0. The summed E-state index contributed by atoms with van der Waals surface area (Å²) in [7, 11) is 4.64. The van der Waals surface area contributed by atoms with E-state index in [1.54, 1.807) is 45.7 Å². The number of fused-ring (bicyclic) bond motifs is 1. The molecule has 0 fully saturated rings. The molecular weight excluding hydrogens is 406 g/mol. The number of hydrogen-bond acceptors (Lipinski definition) is 6. The lowest BCUT2D eigenvalue weighted by molar-refractivity contribution is 0.324. The van der Waals surface area contributed by atoms with Crippen molar-refractivity contribution in [3.63, 3.8) is 0 Å². The predicted octanol–water partition coefficient (Wildman–Crippen LogP) is 4.28. The molecule has 0 bridgehead atoms. The second-order valence-electron chi connectivity index (χ2n) is 7.14. The molecule has 32 heavy (non-hydrogen) atoms. The Labute approximate surface area is 185 Å². The SMILES string of the molecule is COc1cc(/C=N/n2c(-c3ccc(C)cc3)nc3ccccc3c2=O)cc(OC)c1OC. The number of benzene rings is 3. The van der Waals surface area contributed by atoms with Crippen molar-refractivity contribution in [3.05, 3.63) is 82.1 Å². The number of methoxy groups -OCH3 is 3. The van der Waals surface area contributed by atoms with Crippen LogP contribution < -0.4 is 19.8 Å². The molecule has 0 amide bonds. The van der Waals surface area contributed by atoms with E-state index in [4.69, 9.17) is 19.2 Å². The van der Waals surface area contributed by atoms with Crippen LogP contribution in [0.2, 0.25) is 0 Å². The molecule has 1 heterocycles. The topological polar surface area (TPSA) is 74.9 Å². The van der Waals surface area contributed by atoms with Gasteiger partial charge < -0.3 is 14.2 Å². The number of ether oxygens (including phenoxy) is 3. The van der Waals surface area contributed by atoms with Crippen LogP contribution in [0, 0.1) is 6.92 Å². The summed E-state index contributed by atoms with van der Waals surface area (Å²) in [5, 5.41) is 4.99. The second-order valence-corrected chi connectivity index (χ2v) is 7.14. The van der Waals surface area contributed by atoms with Gasteiger partial charge in [0.05, 0.1) is 38.4 Å². The normalized spacial score (nSPS) is 11.1. The molecule has 3 aromatic carbocycles.